The van der Waals surface area contributed by atoms with Crippen LogP contribution in [0.4, 0.5) is 5.82 Å². The number of carbonyl (C=O) groups is 1. The summed E-state index contributed by atoms with van der Waals surface area (Å²) in [5.41, 5.74) is 0.352. The van der Waals surface area contributed by atoms with Crippen LogP contribution in [0.15, 0.2) is 22.7 Å². The molecule has 128 valence electrons. The highest BCUT2D eigenvalue weighted by Crippen LogP contribution is 2.24. The summed E-state index contributed by atoms with van der Waals surface area (Å²) in [6, 6.07) is 5.47. The van der Waals surface area contributed by atoms with Crippen molar-refractivity contribution >= 4 is 11.8 Å². The first-order valence-electron chi connectivity index (χ1n) is 8.34. The van der Waals surface area contributed by atoms with Crippen molar-refractivity contribution in [3.8, 4) is 0 Å². The van der Waals surface area contributed by atoms with Crippen molar-refractivity contribution in [2.24, 2.45) is 5.92 Å². The molecule has 0 unspecified atom stereocenters. The molecule has 2 aromatic rings. The van der Waals surface area contributed by atoms with Crippen molar-refractivity contribution in [1.29, 1.82) is 0 Å². The number of aryl methyl sites for hydroxylation is 1. The molecule has 0 aromatic carbocycles. The van der Waals surface area contributed by atoms with E-state index >= 15 is 0 Å². The van der Waals surface area contributed by atoms with Crippen molar-refractivity contribution in [2.75, 3.05) is 24.6 Å². The molecule has 1 aliphatic heterocycles. The van der Waals surface area contributed by atoms with Gasteiger partial charge in [-0.15, -0.1) is 0 Å². The van der Waals surface area contributed by atoms with Crippen molar-refractivity contribution in [1.82, 2.24) is 15.1 Å². The van der Waals surface area contributed by atoms with Crippen LogP contribution in [0.5, 0.6) is 0 Å². The quantitative estimate of drug-likeness (QED) is 0.779. The van der Waals surface area contributed by atoms with E-state index < -0.39 is 0 Å². The number of anilines is 1. The number of ether oxygens (including phenoxy) is 1. The van der Waals surface area contributed by atoms with Crippen LogP contribution in [0.25, 0.3) is 0 Å². The van der Waals surface area contributed by atoms with Crippen molar-refractivity contribution in [3.63, 3.8) is 0 Å². The van der Waals surface area contributed by atoms with Crippen LogP contribution in [-0.2, 0) is 11.2 Å². The SMILES string of the molecule is CCOC(=O)c1cccc(N2CCC[C@H](Cc3noc(C)n3)C2)n1. The molecule has 0 bridgehead atoms. The smallest absolute Gasteiger partial charge is 0.356 e. The number of nitrogens with zero attached hydrogens (tertiary/aromatic N) is 4. The van der Waals surface area contributed by atoms with Gasteiger partial charge >= 0.3 is 5.97 Å². The van der Waals surface area contributed by atoms with Crippen LogP contribution in [0, 0.1) is 12.8 Å². The van der Waals surface area contributed by atoms with E-state index in [-0.39, 0.29) is 5.97 Å². The molecule has 2 aromatic heterocycles. The summed E-state index contributed by atoms with van der Waals surface area (Å²) in [6.07, 6.45) is 3.00. The molecular weight excluding hydrogens is 308 g/mol. The normalized spacial score (nSPS) is 17.8. The maximum Gasteiger partial charge on any atom is 0.356 e. The van der Waals surface area contributed by atoms with Crippen molar-refractivity contribution < 1.29 is 14.1 Å². The number of carbonyl (C=O) groups excluding carboxylic acids is 1. The monoisotopic (exact) mass is 330 g/mol. The first kappa shape index (κ1) is 16.4. The van der Waals surface area contributed by atoms with E-state index in [0.717, 1.165) is 44.0 Å². The van der Waals surface area contributed by atoms with Gasteiger partial charge in [-0.05, 0) is 37.8 Å². The largest absolute Gasteiger partial charge is 0.461 e. The van der Waals surface area contributed by atoms with E-state index in [2.05, 4.69) is 20.0 Å². The summed E-state index contributed by atoms with van der Waals surface area (Å²) in [4.78, 5) is 22.8. The zero-order valence-electron chi connectivity index (χ0n) is 14.1. The number of esters is 1. The molecule has 0 amide bonds. The predicted octanol–water partition coefficient (Wildman–Crippen LogP) is 2.41. The van der Waals surface area contributed by atoms with Gasteiger partial charge in [-0.25, -0.2) is 9.78 Å². The number of pyridine rings is 1. The van der Waals surface area contributed by atoms with E-state index in [0.29, 0.717) is 24.1 Å². The Morgan fingerprint density at radius 2 is 2.29 bits per heavy atom. The van der Waals surface area contributed by atoms with Gasteiger partial charge < -0.3 is 14.2 Å². The van der Waals surface area contributed by atoms with Crippen LogP contribution in [0.1, 0.15) is 42.0 Å². The molecule has 1 aliphatic rings. The maximum atomic E-state index is 11.9. The summed E-state index contributed by atoms with van der Waals surface area (Å²) < 4.78 is 10.1. The van der Waals surface area contributed by atoms with Crippen molar-refractivity contribution in [3.05, 3.63) is 35.6 Å². The zero-order chi connectivity index (χ0) is 16.9. The second-order valence-corrected chi connectivity index (χ2v) is 5.99. The summed E-state index contributed by atoms with van der Waals surface area (Å²) in [6.45, 7) is 5.74. The number of hydrogen-bond acceptors (Lipinski definition) is 7. The van der Waals surface area contributed by atoms with Gasteiger partial charge in [0.15, 0.2) is 11.5 Å². The highest BCUT2D eigenvalue weighted by atomic mass is 16.5. The van der Waals surface area contributed by atoms with Crippen molar-refractivity contribution in [2.45, 2.75) is 33.1 Å². The highest BCUT2D eigenvalue weighted by Gasteiger charge is 2.23. The third-order valence-electron chi connectivity index (χ3n) is 4.10. The van der Waals surface area contributed by atoms with E-state index in [9.17, 15) is 4.79 Å². The maximum absolute atomic E-state index is 11.9. The molecule has 1 atom stereocenters. The summed E-state index contributed by atoms with van der Waals surface area (Å²) in [5, 5.41) is 3.98. The molecule has 0 spiro atoms. The van der Waals surface area contributed by atoms with Crippen LogP contribution in [0.2, 0.25) is 0 Å². The minimum Gasteiger partial charge on any atom is -0.461 e. The molecular formula is C17H22N4O3. The van der Waals surface area contributed by atoms with Gasteiger partial charge in [-0.2, -0.15) is 4.98 Å². The molecule has 24 heavy (non-hydrogen) atoms. The van der Waals surface area contributed by atoms with Crippen LogP contribution < -0.4 is 4.90 Å². The minimum atomic E-state index is -0.379. The summed E-state index contributed by atoms with van der Waals surface area (Å²) in [5.74, 6) is 2.24. The third-order valence-corrected chi connectivity index (χ3v) is 4.10. The molecule has 0 aliphatic carbocycles. The molecule has 1 saturated heterocycles. The summed E-state index contributed by atoms with van der Waals surface area (Å²) in [7, 11) is 0. The van der Waals surface area contributed by atoms with Gasteiger partial charge in [0.2, 0.25) is 5.89 Å². The zero-order valence-corrected chi connectivity index (χ0v) is 14.1. The average Bonchev–Trinajstić information content (AvgIpc) is 3.00. The number of rotatable bonds is 5. The average molecular weight is 330 g/mol. The molecule has 7 nitrogen and oxygen atoms in total. The lowest BCUT2D eigenvalue weighted by atomic mass is 9.94. The lowest BCUT2D eigenvalue weighted by Crippen LogP contribution is -2.37. The topological polar surface area (TPSA) is 81.4 Å². The van der Waals surface area contributed by atoms with E-state index in [1.165, 1.54) is 0 Å². The fourth-order valence-corrected chi connectivity index (χ4v) is 3.04. The standard InChI is InChI=1S/C17H22N4O3/c1-3-23-17(22)14-7-4-8-16(19-14)21-9-5-6-13(11-21)10-15-18-12(2)24-20-15/h4,7-8,13H,3,5-6,9-11H2,1-2H3/t13-/m1/s1. The number of piperidine rings is 1. The Bertz CT molecular complexity index is 701. The van der Waals surface area contributed by atoms with E-state index in [4.69, 9.17) is 9.26 Å². The van der Waals surface area contributed by atoms with Gasteiger partial charge in [0.05, 0.1) is 6.61 Å². The Morgan fingerprint density at radius 3 is 3.04 bits per heavy atom. The van der Waals surface area contributed by atoms with Crippen LogP contribution in [-0.4, -0.2) is 40.8 Å². The fraction of sp³-hybridized carbons (Fsp3) is 0.529. The first-order valence-corrected chi connectivity index (χ1v) is 8.34. The Labute approximate surface area is 141 Å². The summed E-state index contributed by atoms with van der Waals surface area (Å²) >= 11 is 0. The third kappa shape index (κ3) is 3.90. The van der Waals surface area contributed by atoms with Gasteiger partial charge in [0.1, 0.15) is 5.82 Å². The predicted molar refractivity (Wildman–Crippen MR) is 87.9 cm³/mol. The van der Waals surface area contributed by atoms with Gasteiger partial charge in [-0.1, -0.05) is 11.2 Å². The second-order valence-electron chi connectivity index (χ2n) is 5.99. The Kier molecular flexibility index (Phi) is 5.08. The van der Waals surface area contributed by atoms with Gasteiger partial charge in [0.25, 0.3) is 0 Å². The van der Waals surface area contributed by atoms with Crippen LogP contribution >= 0.6 is 0 Å². The minimum absolute atomic E-state index is 0.348. The molecule has 0 N–H and O–H groups in total. The lowest BCUT2D eigenvalue weighted by molar-refractivity contribution is 0.0519. The molecule has 3 rings (SSSR count). The highest BCUT2D eigenvalue weighted by molar-refractivity contribution is 5.87. The fourth-order valence-electron chi connectivity index (χ4n) is 3.04. The number of aromatic nitrogens is 3. The Hall–Kier alpha value is -2.44. The first-order chi connectivity index (χ1) is 11.7. The second kappa shape index (κ2) is 7.42. The van der Waals surface area contributed by atoms with E-state index in [1.54, 1.807) is 19.9 Å². The molecule has 3 heterocycles. The molecule has 0 radical (unpaired) electrons. The van der Waals surface area contributed by atoms with E-state index in [1.807, 2.05) is 12.1 Å². The molecule has 7 heteroatoms. The Balaban J connectivity index is 1.68. The van der Waals surface area contributed by atoms with Gasteiger partial charge in [0, 0.05) is 26.4 Å². The molecule has 1 fully saturated rings. The molecule has 0 saturated carbocycles. The number of hydrogen-bond donors (Lipinski definition) is 0. The Morgan fingerprint density at radius 1 is 1.42 bits per heavy atom. The lowest BCUT2D eigenvalue weighted by Gasteiger charge is -2.33. The van der Waals surface area contributed by atoms with Gasteiger partial charge in [-0.3, -0.25) is 0 Å². The van der Waals surface area contributed by atoms with Crippen LogP contribution in [0.3, 0.4) is 0 Å².